The Balaban J connectivity index is 1.59. The van der Waals surface area contributed by atoms with Gasteiger partial charge in [0.05, 0.1) is 12.2 Å². The predicted molar refractivity (Wildman–Crippen MR) is 82.9 cm³/mol. The summed E-state index contributed by atoms with van der Waals surface area (Å²) in [5, 5.41) is 8.68. The van der Waals surface area contributed by atoms with Crippen LogP contribution in [0.4, 0.5) is 4.39 Å². The van der Waals surface area contributed by atoms with Gasteiger partial charge < -0.3 is 0 Å². The van der Waals surface area contributed by atoms with Crippen molar-refractivity contribution in [1.29, 1.82) is 0 Å². The van der Waals surface area contributed by atoms with Gasteiger partial charge in [0.1, 0.15) is 11.5 Å². The minimum Gasteiger partial charge on any atom is -0.298 e. The van der Waals surface area contributed by atoms with Gasteiger partial charge in [-0.15, -0.1) is 5.10 Å². The molecule has 1 aromatic carbocycles. The molecule has 4 rings (SSSR count). The van der Waals surface area contributed by atoms with Crippen LogP contribution in [0.15, 0.2) is 30.5 Å². The van der Waals surface area contributed by atoms with Gasteiger partial charge in [-0.05, 0) is 63.0 Å². The van der Waals surface area contributed by atoms with Crippen molar-refractivity contribution < 1.29 is 4.39 Å². The van der Waals surface area contributed by atoms with Crippen LogP contribution < -0.4 is 0 Å². The number of aromatic nitrogens is 3. The molecule has 2 fully saturated rings. The first kappa shape index (κ1) is 13.9. The molecule has 0 radical (unpaired) electrons. The zero-order valence-corrected chi connectivity index (χ0v) is 12.7. The van der Waals surface area contributed by atoms with E-state index >= 15 is 0 Å². The Labute approximate surface area is 129 Å². The van der Waals surface area contributed by atoms with Gasteiger partial charge in [0.25, 0.3) is 0 Å². The predicted octanol–water partition coefficient (Wildman–Crippen LogP) is 3.27. The first-order valence-electron chi connectivity index (χ1n) is 8.23. The summed E-state index contributed by atoms with van der Waals surface area (Å²) in [6, 6.07) is 7.49. The monoisotopic (exact) mass is 300 g/mol. The standard InChI is InChI=1S/C17H21FN4/c18-14-8-6-13(7-9-14)15-12-22(20-19-15)17-5-3-11-21-10-2-1-4-16(17)21/h6-9,12,16-17H,1-5,10-11H2/t16-,17?/m1/s1. The van der Waals surface area contributed by atoms with E-state index in [2.05, 4.69) is 15.2 Å². The Morgan fingerprint density at radius 2 is 1.73 bits per heavy atom. The van der Waals surface area contributed by atoms with Gasteiger partial charge in [-0.25, -0.2) is 9.07 Å². The topological polar surface area (TPSA) is 34.0 Å². The van der Waals surface area contributed by atoms with Crippen molar-refractivity contribution in [2.24, 2.45) is 0 Å². The van der Waals surface area contributed by atoms with Crippen molar-refractivity contribution >= 4 is 0 Å². The van der Waals surface area contributed by atoms with Crippen LogP contribution in [0.1, 0.15) is 38.1 Å². The van der Waals surface area contributed by atoms with Crippen molar-refractivity contribution in [3.63, 3.8) is 0 Å². The lowest BCUT2D eigenvalue weighted by molar-refractivity contribution is 0.0587. The third-order valence-electron chi connectivity index (χ3n) is 5.04. The molecule has 3 heterocycles. The van der Waals surface area contributed by atoms with Crippen LogP contribution >= 0.6 is 0 Å². The third-order valence-corrected chi connectivity index (χ3v) is 5.04. The molecule has 0 bridgehead atoms. The number of nitrogens with zero attached hydrogens (tertiary/aromatic N) is 4. The first-order chi connectivity index (χ1) is 10.8. The number of benzene rings is 1. The summed E-state index contributed by atoms with van der Waals surface area (Å²) in [5.41, 5.74) is 1.75. The van der Waals surface area contributed by atoms with Crippen molar-refractivity contribution in [1.82, 2.24) is 19.9 Å². The lowest BCUT2D eigenvalue weighted by Crippen LogP contribution is -2.48. The Morgan fingerprint density at radius 3 is 2.59 bits per heavy atom. The van der Waals surface area contributed by atoms with E-state index in [1.807, 2.05) is 10.9 Å². The first-order valence-corrected chi connectivity index (χ1v) is 8.23. The van der Waals surface area contributed by atoms with E-state index < -0.39 is 0 Å². The molecular formula is C17H21FN4. The van der Waals surface area contributed by atoms with Crippen molar-refractivity contribution in [2.45, 2.75) is 44.2 Å². The Morgan fingerprint density at radius 1 is 0.955 bits per heavy atom. The van der Waals surface area contributed by atoms with Gasteiger partial charge >= 0.3 is 0 Å². The van der Waals surface area contributed by atoms with Crippen molar-refractivity contribution in [3.8, 4) is 11.3 Å². The molecule has 2 aromatic rings. The highest BCUT2D eigenvalue weighted by atomic mass is 19.1. The summed E-state index contributed by atoms with van der Waals surface area (Å²) in [6.45, 7) is 2.45. The Kier molecular flexibility index (Phi) is 3.66. The Hall–Kier alpha value is -1.75. The highest BCUT2D eigenvalue weighted by Crippen LogP contribution is 2.34. The maximum Gasteiger partial charge on any atom is 0.123 e. The van der Waals surface area contributed by atoms with E-state index in [1.54, 1.807) is 12.1 Å². The molecule has 0 N–H and O–H groups in total. The zero-order chi connectivity index (χ0) is 14.9. The minimum absolute atomic E-state index is 0.221. The van der Waals surface area contributed by atoms with Crippen LogP contribution in [0.25, 0.3) is 11.3 Å². The molecule has 2 atom stereocenters. The molecule has 0 aliphatic carbocycles. The van der Waals surface area contributed by atoms with E-state index in [0.717, 1.165) is 11.3 Å². The van der Waals surface area contributed by atoms with Gasteiger partial charge in [-0.1, -0.05) is 11.6 Å². The van der Waals surface area contributed by atoms with Crippen LogP contribution in [0.5, 0.6) is 0 Å². The molecule has 22 heavy (non-hydrogen) atoms. The Bertz CT molecular complexity index is 634. The van der Waals surface area contributed by atoms with Crippen molar-refractivity contribution in [2.75, 3.05) is 13.1 Å². The van der Waals surface area contributed by atoms with Crippen LogP contribution in [-0.2, 0) is 0 Å². The number of hydrogen-bond acceptors (Lipinski definition) is 3. The maximum atomic E-state index is 13.0. The molecule has 2 saturated heterocycles. The normalized spacial score (nSPS) is 25.9. The average Bonchev–Trinajstić information content (AvgIpc) is 3.05. The van der Waals surface area contributed by atoms with E-state index in [0.29, 0.717) is 12.1 Å². The largest absolute Gasteiger partial charge is 0.298 e. The quantitative estimate of drug-likeness (QED) is 0.853. The number of piperidine rings is 2. The molecule has 0 saturated carbocycles. The molecule has 1 unspecified atom stereocenters. The van der Waals surface area contributed by atoms with Crippen LogP contribution in [-0.4, -0.2) is 39.0 Å². The smallest absolute Gasteiger partial charge is 0.123 e. The third kappa shape index (κ3) is 2.54. The second-order valence-corrected chi connectivity index (χ2v) is 6.40. The van der Waals surface area contributed by atoms with Gasteiger partial charge in [0, 0.05) is 11.6 Å². The van der Waals surface area contributed by atoms with E-state index in [-0.39, 0.29) is 5.82 Å². The maximum absolute atomic E-state index is 13.0. The molecule has 2 aliphatic heterocycles. The van der Waals surface area contributed by atoms with Crippen LogP contribution in [0.2, 0.25) is 0 Å². The lowest BCUT2D eigenvalue weighted by atomic mass is 9.89. The zero-order valence-electron chi connectivity index (χ0n) is 12.7. The van der Waals surface area contributed by atoms with Crippen molar-refractivity contribution in [3.05, 3.63) is 36.3 Å². The summed E-state index contributed by atoms with van der Waals surface area (Å²) in [4.78, 5) is 2.62. The molecule has 0 spiro atoms. The average molecular weight is 300 g/mol. The molecule has 4 nitrogen and oxygen atoms in total. The fourth-order valence-corrected chi connectivity index (χ4v) is 3.93. The summed E-state index contributed by atoms with van der Waals surface area (Å²) in [5.74, 6) is -0.221. The number of hydrogen-bond donors (Lipinski definition) is 0. The SMILES string of the molecule is Fc1ccc(-c2cn(C3CCCN4CCCC[C@H]34)nn2)cc1. The fourth-order valence-electron chi connectivity index (χ4n) is 3.93. The number of fused-ring (bicyclic) bond motifs is 1. The van der Waals surface area contributed by atoms with E-state index in [4.69, 9.17) is 0 Å². The minimum atomic E-state index is -0.221. The molecule has 2 aliphatic rings. The second-order valence-electron chi connectivity index (χ2n) is 6.40. The summed E-state index contributed by atoms with van der Waals surface area (Å²) in [7, 11) is 0. The second kappa shape index (κ2) is 5.80. The molecule has 116 valence electrons. The lowest BCUT2D eigenvalue weighted by Gasteiger charge is -2.44. The number of halogens is 1. The van der Waals surface area contributed by atoms with E-state index in [9.17, 15) is 4.39 Å². The van der Waals surface area contributed by atoms with Gasteiger partial charge in [-0.3, -0.25) is 4.90 Å². The summed E-state index contributed by atoms with van der Waals surface area (Å²) in [6.07, 6.45) is 8.32. The molecule has 5 heteroatoms. The van der Waals surface area contributed by atoms with E-state index in [1.165, 1.54) is 57.3 Å². The summed E-state index contributed by atoms with van der Waals surface area (Å²) >= 11 is 0. The summed E-state index contributed by atoms with van der Waals surface area (Å²) < 4.78 is 15.1. The highest BCUT2D eigenvalue weighted by molar-refractivity contribution is 5.57. The fraction of sp³-hybridized carbons (Fsp3) is 0.529. The molecule has 1 aromatic heterocycles. The van der Waals surface area contributed by atoms with Gasteiger partial charge in [0.2, 0.25) is 0 Å². The molecular weight excluding hydrogens is 279 g/mol. The van der Waals surface area contributed by atoms with Crippen LogP contribution in [0.3, 0.4) is 0 Å². The van der Waals surface area contributed by atoms with Gasteiger partial charge in [0.15, 0.2) is 0 Å². The highest BCUT2D eigenvalue weighted by Gasteiger charge is 2.34. The van der Waals surface area contributed by atoms with Gasteiger partial charge in [-0.2, -0.15) is 0 Å². The van der Waals surface area contributed by atoms with Crippen LogP contribution in [0, 0.1) is 5.82 Å². The molecule has 0 amide bonds. The number of rotatable bonds is 2.